The summed E-state index contributed by atoms with van der Waals surface area (Å²) in [4.78, 5) is 11.2. The molecule has 0 saturated heterocycles. The minimum atomic E-state index is -4.86. The molecule has 1 aliphatic heterocycles. The summed E-state index contributed by atoms with van der Waals surface area (Å²) in [5.41, 5.74) is -0.389. The van der Waals surface area contributed by atoms with Crippen molar-refractivity contribution in [2.75, 3.05) is 6.61 Å². The van der Waals surface area contributed by atoms with Crippen LogP contribution in [0.1, 0.15) is 51.7 Å². The van der Waals surface area contributed by atoms with Crippen LogP contribution in [0.15, 0.2) is 11.6 Å². The number of carbonyl (C=O) groups is 1. The summed E-state index contributed by atoms with van der Waals surface area (Å²) < 4.78 is 50.4. The third kappa shape index (κ3) is 5.34. The Morgan fingerprint density at radius 2 is 1.89 bits per heavy atom. The molecule has 8 heteroatoms. The van der Waals surface area contributed by atoms with Gasteiger partial charge in [-0.25, -0.2) is 4.79 Å². The zero-order valence-corrected chi connectivity index (χ0v) is 17.4. The second kappa shape index (κ2) is 10.0. The van der Waals surface area contributed by atoms with E-state index in [0.717, 1.165) is 18.9 Å². The van der Waals surface area contributed by atoms with Gasteiger partial charge in [-0.05, 0) is 25.0 Å². The second-order valence-electron chi connectivity index (χ2n) is 6.17. The molecule has 4 nitrogen and oxygen atoms in total. The quantitative estimate of drug-likeness (QED) is 0.586. The van der Waals surface area contributed by atoms with Gasteiger partial charge in [0.2, 0.25) is 6.10 Å². The van der Waals surface area contributed by atoms with E-state index < -0.39 is 23.8 Å². The zero-order chi connectivity index (χ0) is 21.6. The van der Waals surface area contributed by atoms with Gasteiger partial charge in [-0.1, -0.05) is 52.1 Å². The van der Waals surface area contributed by atoms with Gasteiger partial charge in [0.05, 0.1) is 17.2 Å². The Labute approximate surface area is 168 Å². The highest BCUT2D eigenvalue weighted by Gasteiger charge is 2.48. The summed E-state index contributed by atoms with van der Waals surface area (Å²) in [6.45, 7) is 9.97. The number of aliphatic carboxylic acids is 1. The Morgan fingerprint density at radius 1 is 1.32 bits per heavy atom. The molecule has 0 fully saturated rings. The van der Waals surface area contributed by atoms with E-state index in [-0.39, 0.29) is 22.1 Å². The van der Waals surface area contributed by atoms with Crippen LogP contribution >= 0.6 is 11.6 Å². The molecule has 1 aliphatic rings. The van der Waals surface area contributed by atoms with E-state index >= 15 is 0 Å². The molecule has 28 heavy (non-hydrogen) atoms. The van der Waals surface area contributed by atoms with Gasteiger partial charge >= 0.3 is 12.1 Å². The molecule has 1 N–H and O–H groups in total. The maximum absolute atomic E-state index is 13.2. The summed E-state index contributed by atoms with van der Waals surface area (Å²) in [6, 6.07) is 1.36. The van der Waals surface area contributed by atoms with Crippen molar-refractivity contribution in [3.05, 3.63) is 27.8 Å². The molecule has 158 valence electrons. The van der Waals surface area contributed by atoms with E-state index in [1.165, 1.54) is 6.07 Å². The molecule has 1 aromatic carbocycles. The number of halogens is 4. The lowest BCUT2D eigenvalue weighted by molar-refractivity contribution is -0.187. The fraction of sp³-hybridized carbons (Fsp3) is 0.550. The zero-order valence-electron chi connectivity index (χ0n) is 16.6. The molecule has 2 rings (SSSR count). The molecule has 0 aromatic heterocycles. The van der Waals surface area contributed by atoms with Crippen LogP contribution in [-0.4, -0.2) is 30.0 Å². The molecule has 0 amide bonds. The van der Waals surface area contributed by atoms with Crippen molar-refractivity contribution in [1.82, 2.24) is 0 Å². The Kier molecular flexibility index (Phi) is 8.67. The average Bonchev–Trinajstić information content (AvgIpc) is 2.64. The molecule has 0 saturated carbocycles. The van der Waals surface area contributed by atoms with Gasteiger partial charge in [0.1, 0.15) is 11.5 Å². The van der Waals surface area contributed by atoms with Crippen LogP contribution in [0.3, 0.4) is 0 Å². The van der Waals surface area contributed by atoms with Crippen LogP contribution in [0.4, 0.5) is 13.2 Å². The molecular weight excluding hydrogens is 397 g/mol. The number of hydrogen-bond acceptors (Lipinski definition) is 3. The minimum Gasteiger partial charge on any atom is -0.491 e. The topological polar surface area (TPSA) is 55.8 Å². The van der Waals surface area contributed by atoms with E-state index in [0.29, 0.717) is 18.1 Å². The Balaban J connectivity index is 0.00000190. The van der Waals surface area contributed by atoms with Gasteiger partial charge in [-0.3, -0.25) is 0 Å². The first-order chi connectivity index (χ1) is 13.1. The second-order valence-corrected chi connectivity index (χ2v) is 6.58. The van der Waals surface area contributed by atoms with Crippen molar-refractivity contribution in [1.29, 1.82) is 0 Å². The fourth-order valence-electron chi connectivity index (χ4n) is 2.77. The number of carboxylic acids is 1. The molecule has 0 spiro atoms. The van der Waals surface area contributed by atoms with Crippen molar-refractivity contribution in [2.45, 2.75) is 59.7 Å². The van der Waals surface area contributed by atoms with Crippen LogP contribution in [0, 0.1) is 12.8 Å². The Bertz CT molecular complexity index is 725. The molecule has 1 unspecified atom stereocenters. The van der Waals surface area contributed by atoms with Gasteiger partial charge in [0.15, 0.2) is 0 Å². The minimum absolute atomic E-state index is 0.0683. The predicted octanol–water partition coefficient (Wildman–Crippen LogP) is 6.28. The third-order valence-electron chi connectivity index (χ3n) is 4.43. The number of ether oxygens (including phenoxy) is 2. The number of fused-ring (bicyclic) bond motifs is 1. The van der Waals surface area contributed by atoms with E-state index in [2.05, 4.69) is 0 Å². The molecule has 1 heterocycles. The smallest absolute Gasteiger partial charge is 0.430 e. The van der Waals surface area contributed by atoms with E-state index in [1.54, 1.807) is 6.92 Å². The molecule has 0 aliphatic carbocycles. The molecule has 0 radical (unpaired) electrons. The van der Waals surface area contributed by atoms with Gasteiger partial charge < -0.3 is 14.6 Å². The molecule has 1 aromatic rings. The summed E-state index contributed by atoms with van der Waals surface area (Å²) in [6.07, 6.45) is -4.66. The predicted molar refractivity (Wildman–Crippen MR) is 103 cm³/mol. The largest absolute Gasteiger partial charge is 0.491 e. The first kappa shape index (κ1) is 24.1. The average molecular weight is 423 g/mol. The summed E-state index contributed by atoms with van der Waals surface area (Å²) in [5.74, 6) is -1.21. The molecular formula is C20H26ClF3O4. The van der Waals surface area contributed by atoms with Crippen molar-refractivity contribution >= 4 is 23.6 Å². The van der Waals surface area contributed by atoms with Crippen molar-refractivity contribution in [2.24, 2.45) is 5.92 Å². The normalized spacial score (nSPS) is 15.8. The van der Waals surface area contributed by atoms with Gasteiger partial charge in [0, 0.05) is 11.1 Å². The lowest BCUT2D eigenvalue weighted by Crippen LogP contribution is -2.40. The van der Waals surface area contributed by atoms with E-state index in [4.69, 9.17) is 26.2 Å². The van der Waals surface area contributed by atoms with Crippen molar-refractivity contribution in [3.63, 3.8) is 0 Å². The number of rotatable bonds is 6. The molecule has 0 bridgehead atoms. The maximum Gasteiger partial charge on any atom is 0.430 e. The van der Waals surface area contributed by atoms with Crippen LogP contribution in [0.2, 0.25) is 5.02 Å². The first-order valence-electron chi connectivity index (χ1n) is 9.24. The highest BCUT2D eigenvalue weighted by Crippen LogP contribution is 2.44. The third-order valence-corrected chi connectivity index (χ3v) is 4.71. The van der Waals surface area contributed by atoms with Crippen molar-refractivity contribution < 1.29 is 32.5 Å². The fourth-order valence-corrected chi connectivity index (χ4v) is 3.09. The Morgan fingerprint density at radius 3 is 2.36 bits per heavy atom. The van der Waals surface area contributed by atoms with Crippen LogP contribution < -0.4 is 9.47 Å². The van der Waals surface area contributed by atoms with E-state index in [1.807, 2.05) is 27.7 Å². The van der Waals surface area contributed by atoms with Crippen molar-refractivity contribution in [3.8, 4) is 11.5 Å². The van der Waals surface area contributed by atoms with Gasteiger partial charge in [0.25, 0.3) is 0 Å². The Hall–Kier alpha value is -1.89. The lowest BCUT2D eigenvalue weighted by atomic mass is 9.98. The lowest BCUT2D eigenvalue weighted by Gasteiger charge is -2.29. The monoisotopic (exact) mass is 422 g/mol. The first-order valence-corrected chi connectivity index (χ1v) is 9.62. The number of alkyl halides is 3. The number of hydrogen-bond donors (Lipinski definition) is 1. The van der Waals surface area contributed by atoms with Gasteiger partial charge in [-0.2, -0.15) is 13.2 Å². The van der Waals surface area contributed by atoms with Gasteiger partial charge in [-0.15, -0.1) is 0 Å². The van der Waals surface area contributed by atoms with Crippen LogP contribution in [0.25, 0.3) is 6.08 Å². The SMILES string of the molecule is CC.CCC(CC)COc1c(Cl)cc2c(c1C)OC(C(F)(F)F)C(C(=O)O)=C2. The van der Waals surface area contributed by atoms with E-state index in [9.17, 15) is 18.0 Å². The van der Waals surface area contributed by atoms with Crippen LogP contribution in [0.5, 0.6) is 11.5 Å². The summed E-state index contributed by atoms with van der Waals surface area (Å²) >= 11 is 6.21. The standard InChI is InChI=1S/C18H20ClF3O4.C2H6/c1-4-10(5-2)8-25-15-9(3)14-11(7-13(15)19)6-12(17(23)24)16(26-14)18(20,21)22;1-2/h6-7,10,16H,4-5,8H2,1-3H3,(H,23,24);1-2H3. The highest BCUT2D eigenvalue weighted by atomic mass is 35.5. The summed E-state index contributed by atoms with van der Waals surface area (Å²) in [5, 5.41) is 9.28. The highest BCUT2D eigenvalue weighted by molar-refractivity contribution is 6.32. The molecule has 1 atom stereocenters. The summed E-state index contributed by atoms with van der Waals surface area (Å²) in [7, 11) is 0. The van der Waals surface area contributed by atoms with Crippen LogP contribution in [-0.2, 0) is 4.79 Å². The number of benzene rings is 1. The maximum atomic E-state index is 13.2. The number of carboxylic acid groups (broad SMARTS) is 1.